The molecule has 21 heavy (non-hydrogen) atoms. The van der Waals surface area contributed by atoms with Crippen LogP contribution in [0.5, 0.6) is 11.5 Å². The minimum absolute atomic E-state index is 0.205. The molecule has 0 aliphatic carbocycles. The SMILES string of the molecule is CSCCCN1CC[C@@H](c2ccc3c(c2)OCO3)[C@H](O)C1. The van der Waals surface area contributed by atoms with Crippen LogP contribution in [0.15, 0.2) is 18.2 Å². The van der Waals surface area contributed by atoms with Crippen LogP contribution in [0.1, 0.15) is 24.3 Å². The molecule has 1 N–H and O–H groups in total. The molecule has 1 aromatic rings. The highest BCUT2D eigenvalue weighted by Gasteiger charge is 2.29. The van der Waals surface area contributed by atoms with E-state index in [0.29, 0.717) is 6.79 Å². The van der Waals surface area contributed by atoms with Crippen LogP contribution < -0.4 is 9.47 Å². The molecule has 2 aliphatic heterocycles. The van der Waals surface area contributed by atoms with Gasteiger partial charge in [0.25, 0.3) is 0 Å². The molecule has 4 nitrogen and oxygen atoms in total. The van der Waals surface area contributed by atoms with Crippen molar-refractivity contribution >= 4 is 11.8 Å². The number of β-amino-alcohol motifs (C(OH)–C–C–N with tert-alkyl or cyclic N) is 1. The summed E-state index contributed by atoms with van der Waals surface area (Å²) in [5.74, 6) is 3.01. The van der Waals surface area contributed by atoms with Gasteiger partial charge in [-0.1, -0.05) is 6.07 Å². The van der Waals surface area contributed by atoms with E-state index in [0.717, 1.165) is 43.1 Å². The lowest BCUT2D eigenvalue weighted by Gasteiger charge is -2.36. The minimum atomic E-state index is -0.298. The molecule has 2 heterocycles. The molecule has 0 amide bonds. The number of hydrogen-bond acceptors (Lipinski definition) is 5. The number of nitrogens with zero attached hydrogens (tertiary/aromatic N) is 1. The van der Waals surface area contributed by atoms with E-state index < -0.39 is 0 Å². The summed E-state index contributed by atoms with van der Waals surface area (Å²) >= 11 is 1.88. The van der Waals surface area contributed by atoms with E-state index in [1.54, 1.807) is 0 Å². The number of aliphatic hydroxyl groups excluding tert-OH is 1. The Hall–Kier alpha value is -0.910. The summed E-state index contributed by atoms with van der Waals surface area (Å²) in [6.07, 6.45) is 4.04. The van der Waals surface area contributed by atoms with Crippen molar-refractivity contribution in [3.05, 3.63) is 23.8 Å². The second-order valence-corrected chi connectivity index (χ2v) is 6.71. The first-order chi connectivity index (χ1) is 10.3. The number of thioether (sulfide) groups is 1. The van der Waals surface area contributed by atoms with Crippen LogP contribution in [-0.2, 0) is 0 Å². The highest BCUT2D eigenvalue weighted by Crippen LogP contribution is 2.37. The first-order valence-corrected chi connectivity index (χ1v) is 8.96. The van der Waals surface area contributed by atoms with E-state index in [1.807, 2.05) is 23.9 Å². The zero-order valence-corrected chi connectivity index (χ0v) is 13.3. The summed E-state index contributed by atoms with van der Waals surface area (Å²) in [4.78, 5) is 2.38. The van der Waals surface area contributed by atoms with Crippen LogP contribution in [0.25, 0.3) is 0 Å². The van der Waals surface area contributed by atoms with Gasteiger partial charge in [-0.3, -0.25) is 0 Å². The zero-order valence-electron chi connectivity index (χ0n) is 12.5. The van der Waals surface area contributed by atoms with Gasteiger partial charge in [0.1, 0.15) is 0 Å². The predicted molar refractivity (Wildman–Crippen MR) is 85.4 cm³/mol. The third-order valence-corrected chi connectivity index (χ3v) is 5.01. The van der Waals surface area contributed by atoms with Crippen molar-refractivity contribution < 1.29 is 14.6 Å². The lowest BCUT2D eigenvalue weighted by Crippen LogP contribution is -2.43. The predicted octanol–water partition coefficient (Wildman–Crippen LogP) is 2.32. The van der Waals surface area contributed by atoms with Crippen LogP contribution in [0.3, 0.4) is 0 Å². The summed E-state index contributed by atoms with van der Waals surface area (Å²) in [6.45, 7) is 3.22. The lowest BCUT2D eigenvalue weighted by atomic mass is 9.87. The number of ether oxygens (including phenoxy) is 2. The number of fused-ring (bicyclic) bond motifs is 1. The number of aliphatic hydroxyl groups is 1. The van der Waals surface area contributed by atoms with Gasteiger partial charge in [0.15, 0.2) is 11.5 Å². The van der Waals surface area contributed by atoms with Gasteiger partial charge in [-0.05, 0) is 55.6 Å². The largest absolute Gasteiger partial charge is 0.454 e. The number of piperidine rings is 1. The Bertz CT molecular complexity index is 483. The van der Waals surface area contributed by atoms with Crippen molar-refractivity contribution in [1.29, 1.82) is 0 Å². The van der Waals surface area contributed by atoms with Crippen LogP contribution in [-0.4, -0.2) is 54.5 Å². The molecule has 116 valence electrons. The molecule has 0 bridgehead atoms. The molecular weight excluding hydrogens is 286 g/mol. The fourth-order valence-corrected chi connectivity index (χ4v) is 3.58. The molecule has 1 fully saturated rings. The van der Waals surface area contributed by atoms with Crippen LogP contribution in [0.2, 0.25) is 0 Å². The molecule has 1 saturated heterocycles. The fraction of sp³-hybridized carbons (Fsp3) is 0.625. The Morgan fingerprint density at radius 3 is 3.00 bits per heavy atom. The molecule has 3 rings (SSSR count). The summed E-state index contributed by atoms with van der Waals surface area (Å²) in [5, 5.41) is 10.5. The molecule has 2 atom stereocenters. The molecule has 0 aromatic heterocycles. The topological polar surface area (TPSA) is 41.9 Å². The number of likely N-dealkylation sites (tertiary alicyclic amines) is 1. The molecule has 0 unspecified atom stereocenters. The Morgan fingerprint density at radius 2 is 2.19 bits per heavy atom. The van der Waals surface area contributed by atoms with Crippen molar-refractivity contribution in [2.45, 2.75) is 24.9 Å². The van der Waals surface area contributed by atoms with Crippen molar-refractivity contribution in [1.82, 2.24) is 4.90 Å². The van der Waals surface area contributed by atoms with Gasteiger partial charge < -0.3 is 19.5 Å². The highest BCUT2D eigenvalue weighted by atomic mass is 32.2. The van der Waals surface area contributed by atoms with Crippen LogP contribution in [0.4, 0.5) is 0 Å². The standard InChI is InChI=1S/C16H23NO3S/c1-21-8-2-6-17-7-5-13(14(18)10-17)12-3-4-15-16(9-12)20-11-19-15/h3-4,9,13-14,18H,2,5-8,10-11H2,1H3/t13-,14+/m0/s1. The van der Waals surface area contributed by atoms with Gasteiger partial charge in [0.2, 0.25) is 6.79 Å². The summed E-state index contributed by atoms with van der Waals surface area (Å²) < 4.78 is 10.8. The Kier molecular flexibility index (Phi) is 4.93. The summed E-state index contributed by atoms with van der Waals surface area (Å²) in [7, 11) is 0. The molecule has 2 aliphatic rings. The zero-order chi connectivity index (χ0) is 14.7. The molecule has 5 heteroatoms. The third kappa shape index (κ3) is 3.47. The van der Waals surface area contributed by atoms with E-state index in [-0.39, 0.29) is 12.0 Å². The maximum atomic E-state index is 10.5. The van der Waals surface area contributed by atoms with E-state index in [2.05, 4.69) is 17.2 Å². The molecule has 1 aromatic carbocycles. The van der Waals surface area contributed by atoms with Crippen molar-refractivity contribution in [2.24, 2.45) is 0 Å². The first-order valence-electron chi connectivity index (χ1n) is 7.57. The summed E-state index contributed by atoms with van der Waals surface area (Å²) in [6, 6.07) is 6.04. The molecule has 0 spiro atoms. The average Bonchev–Trinajstić information content (AvgIpc) is 2.95. The normalized spacial score (nSPS) is 25.2. The number of rotatable bonds is 5. The van der Waals surface area contributed by atoms with Gasteiger partial charge in [0, 0.05) is 12.5 Å². The number of hydrogen-bond donors (Lipinski definition) is 1. The maximum absolute atomic E-state index is 10.5. The smallest absolute Gasteiger partial charge is 0.231 e. The lowest BCUT2D eigenvalue weighted by molar-refractivity contribution is 0.0515. The van der Waals surface area contributed by atoms with Crippen LogP contribution in [0, 0.1) is 0 Å². The quantitative estimate of drug-likeness (QED) is 0.846. The van der Waals surface area contributed by atoms with Gasteiger partial charge in [0.05, 0.1) is 6.10 Å². The van der Waals surface area contributed by atoms with E-state index in [9.17, 15) is 5.11 Å². The van der Waals surface area contributed by atoms with E-state index in [4.69, 9.17) is 9.47 Å². The van der Waals surface area contributed by atoms with Crippen LogP contribution >= 0.6 is 11.8 Å². The van der Waals surface area contributed by atoms with Gasteiger partial charge in [-0.15, -0.1) is 0 Å². The monoisotopic (exact) mass is 309 g/mol. The molecular formula is C16H23NO3S. The van der Waals surface area contributed by atoms with Gasteiger partial charge in [-0.25, -0.2) is 0 Å². The van der Waals surface area contributed by atoms with Gasteiger partial charge in [-0.2, -0.15) is 11.8 Å². The van der Waals surface area contributed by atoms with E-state index in [1.165, 1.54) is 12.2 Å². The maximum Gasteiger partial charge on any atom is 0.231 e. The third-order valence-electron chi connectivity index (χ3n) is 4.31. The molecule has 0 saturated carbocycles. The van der Waals surface area contributed by atoms with Crippen molar-refractivity contribution in [2.75, 3.05) is 38.4 Å². The second-order valence-electron chi connectivity index (χ2n) is 5.72. The average molecular weight is 309 g/mol. The number of benzene rings is 1. The minimum Gasteiger partial charge on any atom is -0.454 e. The second kappa shape index (κ2) is 6.90. The fourth-order valence-electron chi connectivity index (χ4n) is 3.17. The Morgan fingerprint density at radius 1 is 1.33 bits per heavy atom. The summed E-state index contributed by atoms with van der Waals surface area (Å²) in [5.41, 5.74) is 1.16. The molecule has 0 radical (unpaired) electrons. The highest BCUT2D eigenvalue weighted by molar-refractivity contribution is 7.98. The van der Waals surface area contributed by atoms with Crippen molar-refractivity contribution in [3.8, 4) is 11.5 Å². The first kappa shape index (κ1) is 15.0. The van der Waals surface area contributed by atoms with E-state index >= 15 is 0 Å². The Labute approximate surface area is 130 Å². The van der Waals surface area contributed by atoms with Crippen molar-refractivity contribution in [3.63, 3.8) is 0 Å². The van der Waals surface area contributed by atoms with Gasteiger partial charge >= 0.3 is 0 Å². The Balaban J connectivity index is 1.60.